The lowest BCUT2D eigenvalue weighted by Crippen LogP contribution is -2.43. The number of benzene rings is 2. The van der Waals surface area contributed by atoms with Crippen LogP contribution in [0.4, 0.5) is 5.82 Å². The molecule has 2 N–H and O–H groups in total. The maximum Gasteiger partial charge on any atom is 0.138 e. The van der Waals surface area contributed by atoms with Crippen molar-refractivity contribution in [1.82, 2.24) is 9.97 Å². The molecule has 1 saturated carbocycles. The van der Waals surface area contributed by atoms with Gasteiger partial charge in [-0.1, -0.05) is 54.6 Å². The number of nitrogens with zero attached hydrogens (tertiary/aromatic N) is 3. The molecule has 1 aliphatic carbocycles. The van der Waals surface area contributed by atoms with Gasteiger partial charge < -0.3 is 10.6 Å². The van der Waals surface area contributed by atoms with Crippen molar-refractivity contribution in [2.45, 2.75) is 44.1 Å². The number of rotatable bonds is 4. The zero-order valence-corrected chi connectivity index (χ0v) is 19.0. The summed E-state index contributed by atoms with van der Waals surface area (Å²) in [5.41, 5.74) is 13.1. The summed E-state index contributed by atoms with van der Waals surface area (Å²) in [4.78, 5) is 12.4. The van der Waals surface area contributed by atoms with Crippen LogP contribution in [-0.2, 0) is 5.54 Å². The van der Waals surface area contributed by atoms with Gasteiger partial charge in [0.2, 0.25) is 0 Å². The summed E-state index contributed by atoms with van der Waals surface area (Å²) in [5, 5.41) is 1.13. The van der Waals surface area contributed by atoms with E-state index in [0.717, 1.165) is 59.5 Å². The fourth-order valence-electron chi connectivity index (χ4n) is 5.30. The highest BCUT2D eigenvalue weighted by Gasteiger charge is 2.34. The number of aromatic nitrogens is 2. The SMILES string of the molecule is NC1(c2ccc(-c3nc4ccnc(N5CCCCC5)c4cc3-c3ccccc3)cc2)CCC1. The Labute approximate surface area is 195 Å². The van der Waals surface area contributed by atoms with Gasteiger partial charge in [0.05, 0.1) is 11.2 Å². The molecule has 33 heavy (non-hydrogen) atoms. The molecule has 166 valence electrons. The third-order valence-electron chi connectivity index (χ3n) is 7.44. The van der Waals surface area contributed by atoms with E-state index >= 15 is 0 Å². The molecule has 2 aromatic carbocycles. The van der Waals surface area contributed by atoms with E-state index in [2.05, 4.69) is 65.6 Å². The van der Waals surface area contributed by atoms with Crippen molar-refractivity contribution >= 4 is 16.7 Å². The van der Waals surface area contributed by atoms with Gasteiger partial charge in [-0.2, -0.15) is 0 Å². The summed E-state index contributed by atoms with van der Waals surface area (Å²) >= 11 is 0. The van der Waals surface area contributed by atoms with E-state index in [9.17, 15) is 0 Å². The second-order valence-electron chi connectivity index (χ2n) is 9.59. The summed E-state index contributed by atoms with van der Waals surface area (Å²) in [6.07, 6.45) is 9.02. The van der Waals surface area contributed by atoms with Crippen molar-refractivity contribution in [3.63, 3.8) is 0 Å². The Morgan fingerprint density at radius 1 is 0.788 bits per heavy atom. The summed E-state index contributed by atoms with van der Waals surface area (Å²) in [6, 6.07) is 23.7. The largest absolute Gasteiger partial charge is 0.356 e. The number of hydrogen-bond donors (Lipinski definition) is 1. The van der Waals surface area contributed by atoms with E-state index < -0.39 is 0 Å². The van der Waals surface area contributed by atoms with Crippen LogP contribution in [0.5, 0.6) is 0 Å². The average Bonchev–Trinajstić information content (AvgIpc) is 2.87. The maximum atomic E-state index is 6.57. The third kappa shape index (κ3) is 3.68. The predicted molar refractivity (Wildman–Crippen MR) is 136 cm³/mol. The highest BCUT2D eigenvalue weighted by Crippen LogP contribution is 2.40. The van der Waals surface area contributed by atoms with E-state index in [-0.39, 0.29) is 5.54 Å². The van der Waals surface area contributed by atoms with Gasteiger partial charge in [0, 0.05) is 41.3 Å². The minimum atomic E-state index is -0.146. The van der Waals surface area contributed by atoms with E-state index in [1.807, 2.05) is 12.3 Å². The van der Waals surface area contributed by atoms with Crippen LogP contribution in [0.3, 0.4) is 0 Å². The first-order chi connectivity index (χ1) is 16.2. The first-order valence-electron chi connectivity index (χ1n) is 12.2. The fourth-order valence-corrected chi connectivity index (χ4v) is 5.30. The van der Waals surface area contributed by atoms with Crippen LogP contribution in [0.15, 0.2) is 72.9 Å². The second-order valence-corrected chi connectivity index (χ2v) is 9.59. The molecule has 0 radical (unpaired) electrons. The van der Waals surface area contributed by atoms with Crippen molar-refractivity contribution in [2.24, 2.45) is 5.73 Å². The Hall–Kier alpha value is -3.24. The Bertz CT molecular complexity index is 1270. The molecule has 2 aromatic heterocycles. The molecule has 4 aromatic rings. The lowest BCUT2D eigenvalue weighted by Gasteiger charge is -2.38. The zero-order chi connectivity index (χ0) is 22.3. The summed E-state index contributed by atoms with van der Waals surface area (Å²) < 4.78 is 0. The molecule has 0 spiro atoms. The second kappa shape index (κ2) is 8.27. The molecule has 0 amide bonds. The Kier molecular flexibility index (Phi) is 5.11. The minimum Gasteiger partial charge on any atom is -0.356 e. The van der Waals surface area contributed by atoms with Gasteiger partial charge in [-0.25, -0.2) is 9.97 Å². The molecule has 3 heterocycles. The topological polar surface area (TPSA) is 55.0 Å². The van der Waals surface area contributed by atoms with Gasteiger partial charge in [-0.05, 0) is 61.8 Å². The van der Waals surface area contributed by atoms with Crippen LogP contribution in [0.2, 0.25) is 0 Å². The van der Waals surface area contributed by atoms with E-state index in [1.165, 1.54) is 36.8 Å². The van der Waals surface area contributed by atoms with Crippen molar-refractivity contribution in [3.8, 4) is 22.4 Å². The number of piperidine rings is 1. The molecule has 0 unspecified atom stereocenters. The van der Waals surface area contributed by atoms with Gasteiger partial charge in [0.25, 0.3) is 0 Å². The molecule has 2 fully saturated rings. The summed E-state index contributed by atoms with van der Waals surface area (Å²) in [5.74, 6) is 1.06. The fraction of sp³-hybridized carbons (Fsp3) is 0.310. The Balaban J connectivity index is 1.50. The van der Waals surface area contributed by atoms with E-state index in [4.69, 9.17) is 15.7 Å². The first kappa shape index (κ1) is 20.4. The van der Waals surface area contributed by atoms with E-state index in [0.29, 0.717) is 0 Å². The molecule has 4 nitrogen and oxygen atoms in total. The number of pyridine rings is 2. The molecule has 2 aliphatic rings. The standard InChI is InChI=1S/C29H30N4/c30-29(15-7-16-29)23-12-10-22(11-13-23)27-24(21-8-3-1-4-9-21)20-25-26(32-27)14-17-31-28(25)33-18-5-2-6-19-33/h1,3-4,8-14,17,20H,2,5-7,15-16,18-19,30H2. The zero-order valence-electron chi connectivity index (χ0n) is 19.0. The molecule has 0 atom stereocenters. The van der Waals surface area contributed by atoms with Crippen molar-refractivity contribution in [3.05, 3.63) is 78.5 Å². The highest BCUT2D eigenvalue weighted by molar-refractivity contribution is 5.97. The maximum absolute atomic E-state index is 6.57. The lowest BCUT2D eigenvalue weighted by atomic mass is 9.72. The van der Waals surface area contributed by atoms with Crippen LogP contribution in [0.25, 0.3) is 33.3 Å². The van der Waals surface area contributed by atoms with Crippen LogP contribution in [-0.4, -0.2) is 23.1 Å². The van der Waals surface area contributed by atoms with Crippen molar-refractivity contribution in [2.75, 3.05) is 18.0 Å². The third-order valence-corrected chi connectivity index (χ3v) is 7.44. The number of hydrogen-bond acceptors (Lipinski definition) is 4. The van der Waals surface area contributed by atoms with Gasteiger partial charge in [0.15, 0.2) is 0 Å². The number of nitrogens with two attached hydrogens (primary N) is 1. The first-order valence-corrected chi connectivity index (χ1v) is 12.2. The Morgan fingerprint density at radius 3 is 2.24 bits per heavy atom. The van der Waals surface area contributed by atoms with Crippen LogP contribution in [0, 0.1) is 0 Å². The molecule has 1 aliphatic heterocycles. The molecule has 0 bridgehead atoms. The highest BCUT2D eigenvalue weighted by atomic mass is 15.2. The van der Waals surface area contributed by atoms with E-state index in [1.54, 1.807) is 0 Å². The van der Waals surface area contributed by atoms with Crippen LogP contribution >= 0.6 is 0 Å². The van der Waals surface area contributed by atoms with Gasteiger partial charge >= 0.3 is 0 Å². The van der Waals surface area contributed by atoms with Crippen molar-refractivity contribution in [1.29, 1.82) is 0 Å². The summed E-state index contributed by atoms with van der Waals surface area (Å²) in [7, 11) is 0. The number of fused-ring (bicyclic) bond motifs is 1. The Morgan fingerprint density at radius 2 is 1.55 bits per heavy atom. The molecular weight excluding hydrogens is 404 g/mol. The van der Waals surface area contributed by atoms with Gasteiger partial charge in [-0.3, -0.25) is 0 Å². The van der Waals surface area contributed by atoms with Crippen LogP contribution in [0.1, 0.15) is 44.1 Å². The van der Waals surface area contributed by atoms with Crippen LogP contribution < -0.4 is 10.6 Å². The normalized spacial score (nSPS) is 17.7. The molecule has 6 rings (SSSR count). The molecule has 1 saturated heterocycles. The minimum absolute atomic E-state index is 0.146. The lowest BCUT2D eigenvalue weighted by molar-refractivity contribution is 0.253. The monoisotopic (exact) mass is 434 g/mol. The average molecular weight is 435 g/mol. The quantitative estimate of drug-likeness (QED) is 0.410. The van der Waals surface area contributed by atoms with Gasteiger partial charge in [0.1, 0.15) is 5.82 Å². The molecular formula is C29H30N4. The number of anilines is 1. The molecule has 4 heteroatoms. The summed E-state index contributed by atoms with van der Waals surface area (Å²) in [6.45, 7) is 2.13. The predicted octanol–water partition coefficient (Wildman–Crippen LogP) is 6.29. The smallest absolute Gasteiger partial charge is 0.138 e. The van der Waals surface area contributed by atoms with Gasteiger partial charge in [-0.15, -0.1) is 0 Å². The van der Waals surface area contributed by atoms with Crippen molar-refractivity contribution < 1.29 is 0 Å².